The molecular formula is C17H16N4OS2. The van der Waals surface area contributed by atoms with Crippen molar-refractivity contribution in [2.45, 2.75) is 23.6 Å². The maximum absolute atomic E-state index is 7.13. The molecule has 2 aliphatic rings. The molecule has 0 saturated carbocycles. The SMILES string of the molecule is [C-]#[N+]c1cncc(-c2csc(C3(C)CC4(COC4)SC(N)=N3)c2)c1. The number of aliphatic imine (C=N–C) groups is 1. The maximum Gasteiger partial charge on any atom is 0.205 e. The molecule has 1 spiro atoms. The highest BCUT2D eigenvalue weighted by Crippen LogP contribution is 2.50. The minimum Gasteiger partial charge on any atom is -0.378 e. The average molecular weight is 356 g/mol. The molecule has 4 rings (SSSR count). The van der Waals surface area contributed by atoms with Gasteiger partial charge in [0.05, 0.1) is 30.1 Å². The molecule has 122 valence electrons. The van der Waals surface area contributed by atoms with Crippen molar-refractivity contribution in [3.05, 3.63) is 46.2 Å². The molecule has 4 heterocycles. The predicted octanol–water partition coefficient (Wildman–Crippen LogP) is 3.80. The van der Waals surface area contributed by atoms with Crippen LogP contribution < -0.4 is 5.73 Å². The van der Waals surface area contributed by atoms with E-state index < -0.39 is 0 Å². The van der Waals surface area contributed by atoms with Crippen LogP contribution in [0, 0.1) is 6.57 Å². The van der Waals surface area contributed by atoms with E-state index >= 15 is 0 Å². The maximum atomic E-state index is 7.13. The first kappa shape index (κ1) is 15.6. The van der Waals surface area contributed by atoms with Gasteiger partial charge in [-0.25, -0.2) is 4.85 Å². The third-order valence-corrected chi connectivity index (χ3v) is 6.69. The van der Waals surface area contributed by atoms with Gasteiger partial charge in [-0.15, -0.1) is 11.3 Å². The number of thioether (sulfide) groups is 1. The van der Waals surface area contributed by atoms with Gasteiger partial charge in [-0.2, -0.15) is 0 Å². The first-order valence-corrected chi connectivity index (χ1v) is 9.26. The van der Waals surface area contributed by atoms with E-state index in [1.165, 1.54) is 4.88 Å². The van der Waals surface area contributed by atoms with Crippen molar-refractivity contribution in [1.82, 2.24) is 4.98 Å². The van der Waals surface area contributed by atoms with Crippen molar-refractivity contribution < 1.29 is 4.74 Å². The van der Waals surface area contributed by atoms with Crippen molar-refractivity contribution in [1.29, 1.82) is 0 Å². The summed E-state index contributed by atoms with van der Waals surface area (Å²) in [5.74, 6) is 0. The molecule has 24 heavy (non-hydrogen) atoms. The average Bonchev–Trinajstić information content (AvgIpc) is 3.03. The fraction of sp³-hybridized carbons (Fsp3) is 0.353. The monoisotopic (exact) mass is 356 g/mol. The summed E-state index contributed by atoms with van der Waals surface area (Å²) in [5.41, 5.74) is 8.36. The first-order valence-electron chi connectivity index (χ1n) is 7.56. The quantitative estimate of drug-likeness (QED) is 0.831. The van der Waals surface area contributed by atoms with E-state index in [0.29, 0.717) is 10.9 Å². The van der Waals surface area contributed by atoms with Gasteiger partial charge in [-0.3, -0.25) is 9.98 Å². The van der Waals surface area contributed by atoms with Crippen LogP contribution in [0.25, 0.3) is 16.0 Å². The van der Waals surface area contributed by atoms with Gasteiger partial charge in [0.2, 0.25) is 5.69 Å². The van der Waals surface area contributed by atoms with Crippen molar-refractivity contribution >= 4 is 34.0 Å². The summed E-state index contributed by atoms with van der Waals surface area (Å²) in [6.45, 7) is 10.7. The van der Waals surface area contributed by atoms with Gasteiger partial charge in [0.25, 0.3) is 0 Å². The highest BCUT2D eigenvalue weighted by Gasteiger charge is 2.50. The summed E-state index contributed by atoms with van der Waals surface area (Å²) in [7, 11) is 0. The molecule has 2 aromatic heterocycles. The van der Waals surface area contributed by atoms with Crippen molar-refractivity contribution in [2.24, 2.45) is 10.7 Å². The highest BCUT2D eigenvalue weighted by molar-refractivity contribution is 8.15. The number of amidine groups is 1. The predicted molar refractivity (Wildman–Crippen MR) is 98.5 cm³/mol. The van der Waals surface area contributed by atoms with Gasteiger partial charge in [-0.05, 0) is 42.0 Å². The zero-order chi connectivity index (χ0) is 16.8. The summed E-state index contributed by atoms with van der Waals surface area (Å²) >= 11 is 3.33. The molecule has 2 aromatic rings. The lowest BCUT2D eigenvalue weighted by Gasteiger charge is -2.47. The van der Waals surface area contributed by atoms with Crippen LogP contribution in [-0.2, 0) is 10.3 Å². The highest BCUT2D eigenvalue weighted by atomic mass is 32.2. The molecule has 0 aromatic carbocycles. The minimum absolute atomic E-state index is 0.0658. The largest absolute Gasteiger partial charge is 0.378 e. The zero-order valence-corrected chi connectivity index (χ0v) is 14.8. The Morgan fingerprint density at radius 3 is 2.83 bits per heavy atom. The van der Waals surface area contributed by atoms with E-state index in [2.05, 4.69) is 28.2 Å². The zero-order valence-electron chi connectivity index (χ0n) is 13.2. The third-order valence-electron chi connectivity index (χ3n) is 4.39. The molecule has 0 amide bonds. The first-order chi connectivity index (χ1) is 11.5. The lowest BCUT2D eigenvalue weighted by atomic mass is 9.85. The second kappa shape index (κ2) is 5.59. The van der Waals surface area contributed by atoms with E-state index in [0.717, 1.165) is 30.8 Å². The number of aromatic nitrogens is 1. The van der Waals surface area contributed by atoms with Crippen LogP contribution in [0.15, 0.2) is 34.9 Å². The Hall–Kier alpha value is -1.88. The molecule has 2 aliphatic heterocycles. The van der Waals surface area contributed by atoms with Crippen LogP contribution in [0.4, 0.5) is 5.69 Å². The molecule has 1 unspecified atom stereocenters. The molecular weight excluding hydrogens is 340 g/mol. The van der Waals surface area contributed by atoms with Gasteiger partial charge < -0.3 is 10.5 Å². The third kappa shape index (κ3) is 2.61. The Morgan fingerprint density at radius 1 is 1.29 bits per heavy atom. The Bertz CT molecular complexity index is 865. The lowest BCUT2D eigenvalue weighted by Crippen LogP contribution is -2.54. The van der Waals surface area contributed by atoms with Crippen LogP contribution in [0.2, 0.25) is 0 Å². The Kier molecular flexibility index (Phi) is 3.64. The smallest absolute Gasteiger partial charge is 0.205 e. The molecule has 0 radical (unpaired) electrons. The number of rotatable bonds is 2. The number of nitrogens with two attached hydrogens (primary N) is 1. The summed E-state index contributed by atoms with van der Waals surface area (Å²) in [4.78, 5) is 13.5. The summed E-state index contributed by atoms with van der Waals surface area (Å²) in [6, 6.07) is 4.01. The van der Waals surface area contributed by atoms with Crippen molar-refractivity contribution in [2.75, 3.05) is 13.2 Å². The van der Waals surface area contributed by atoms with Crippen molar-refractivity contribution in [3.8, 4) is 11.1 Å². The Morgan fingerprint density at radius 2 is 2.12 bits per heavy atom. The van der Waals surface area contributed by atoms with E-state index in [-0.39, 0.29) is 10.3 Å². The number of nitrogens with zero attached hydrogens (tertiary/aromatic N) is 3. The van der Waals surface area contributed by atoms with Crippen LogP contribution in [-0.4, -0.2) is 28.1 Å². The van der Waals surface area contributed by atoms with Crippen LogP contribution >= 0.6 is 23.1 Å². The molecule has 0 aliphatic carbocycles. The van der Waals surface area contributed by atoms with Gasteiger partial charge >= 0.3 is 0 Å². The van der Waals surface area contributed by atoms with Gasteiger partial charge in [0.1, 0.15) is 0 Å². The minimum atomic E-state index is -0.327. The molecule has 0 bridgehead atoms. The van der Waals surface area contributed by atoms with Crippen LogP contribution in [0.1, 0.15) is 18.2 Å². The van der Waals surface area contributed by atoms with Gasteiger partial charge in [0, 0.05) is 17.3 Å². The van der Waals surface area contributed by atoms with E-state index in [1.54, 1.807) is 35.5 Å². The second-order valence-electron chi connectivity index (χ2n) is 6.42. The molecule has 1 fully saturated rings. The molecule has 7 heteroatoms. The fourth-order valence-corrected chi connectivity index (χ4v) is 5.59. The van der Waals surface area contributed by atoms with Crippen LogP contribution in [0.3, 0.4) is 0 Å². The van der Waals surface area contributed by atoms with Crippen LogP contribution in [0.5, 0.6) is 0 Å². The van der Waals surface area contributed by atoms with E-state index in [1.807, 2.05) is 6.07 Å². The Balaban J connectivity index is 1.69. The standard InChI is InChI=1S/C17H16N4OS2/c1-16(8-17(9-22-10-17)24-15(18)21-16)14-4-12(7-23-14)11-3-13(19-2)6-20-5-11/h3-7H,8-10H2,1H3,(H2,18,21). The normalized spacial score (nSPS) is 24.9. The molecule has 2 N–H and O–H groups in total. The van der Waals surface area contributed by atoms with Gasteiger partial charge in [-0.1, -0.05) is 11.8 Å². The Labute approximate surface area is 148 Å². The summed E-state index contributed by atoms with van der Waals surface area (Å²) in [6.07, 6.45) is 4.29. The van der Waals surface area contributed by atoms with E-state index in [9.17, 15) is 0 Å². The number of hydrogen-bond acceptors (Lipinski definition) is 6. The topological polar surface area (TPSA) is 64.9 Å². The number of pyridine rings is 1. The number of hydrogen-bond donors (Lipinski definition) is 1. The number of ether oxygens (including phenoxy) is 1. The molecule has 1 atom stereocenters. The summed E-state index contributed by atoms with van der Waals surface area (Å²) in [5, 5.41) is 2.74. The van der Waals surface area contributed by atoms with Gasteiger partial charge in [0.15, 0.2) is 5.17 Å². The molecule has 1 saturated heterocycles. The molecule has 5 nitrogen and oxygen atoms in total. The summed E-state index contributed by atoms with van der Waals surface area (Å²) < 4.78 is 5.49. The van der Waals surface area contributed by atoms with Crippen molar-refractivity contribution in [3.63, 3.8) is 0 Å². The number of thiophene rings is 1. The lowest BCUT2D eigenvalue weighted by molar-refractivity contribution is -0.0207. The second-order valence-corrected chi connectivity index (χ2v) is 8.82. The fourth-order valence-electron chi connectivity index (χ4n) is 3.24. The van der Waals surface area contributed by atoms with E-state index in [4.69, 9.17) is 22.0 Å².